The molecule has 1 aromatic heterocycles. The number of nitrogens with two attached hydrogens (primary N) is 1. The topological polar surface area (TPSA) is 106 Å². The van der Waals surface area contributed by atoms with Crippen molar-refractivity contribution in [1.29, 1.82) is 0 Å². The smallest absolute Gasteiger partial charge is 0.316 e. The van der Waals surface area contributed by atoms with E-state index in [0.29, 0.717) is 16.8 Å². The van der Waals surface area contributed by atoms with Crippen molar-refractivity contribution in [2.75, 3.05) is 18.1 Å². The van der Waals surface area contributed by atoms with Gasteiger partial charge in [-0.2, -0.15) is 4.98 Å². The second-order valence-electron chi connectivity index (χ2n) is 3.25. The minimum absolute atomic E-state index is 0.353. The number of anilines is 1. The van der Waals surface area contributed by atoms with Crippen molar-refractivity contribution in [1.82, 2.24) is 4.98 Å². The molecular formula is C9H10N2O4S. The Kier molecular flexibility index (Phi) is 2.56. The monoisotopic (exact) mass is 242 g/mol. The minimum atomic E-state index is -3.65. The van der Waals surface area contributed by atoms with Crippen molar-refractivity contribution in [3.63, 3.8) is 0 Å². The van der Waals surface area contributed by atoms with Gasteiger partial charge < -0.3 is 15.3 Å². The van der Waals surface area contributed by atoms with E-state index in [2.05, 4.69) is 4.98 Å². The van der Waals surface area contributed by atoms with Gasteiger partial charge in [0.1, 0.15) is 5.52 Å². The van der Waals surface area contributed by atoms with Gasteiger partial charge in [0.05, 0.1) is 12.4 Å². The van der Waals surface area contributed by atoms with Gasteiger partial charge in [0, 0.05) is 5.69 Å². The van der Waals surface area contributed by atoms with Crippen molar-refractivity contribution in [3.05, 3.63) is 18.2 Å². The molecule has 0 saturated carbocycles. The SMILES string of the molecule is Nc1ccc2oc(S(=O)(=O)CCO)nc2c1. The lowest BCUT2D eigenvalue weighted by atomic mass is 10.3. The Labute approximate surface area is 91.6 Å². The number of oxazole rings is 1. The van der Waals surface area contributed by atoms with Crippen LogP contribution in [0.25, 0.3) is 11.1 Å². The Balaban J connectivity index is 2.55. The maximum absolute atomic E-state index is 11.5. The van der Waals surface area contributed by atoms with E-state index in [9.17, 15) is 8.42 Å². The van der Waals surface area contributed by atoms with Gasteiger partial charge in [-0.25, -0.2) is 8.42 Å². The fourth-order valence-corrected chi connectivity index (χ4v) is 2.13. The molecule has 7 heteroatoms. The summed E-state index contributed by atoms with van der Waals surface area (Å²) in [6, 6.07) is 4.67. The van der Waals surface area contributed by atoms with E-state index in [1.54, 1.807) is 12.1 Å². The first-order valence-electron chi connectivity index (χ1n) is 4.52. The zero-order valence-corrected chi connectivity index (χ0v) is 9.07. The molecule has 0 spiro atoms. The van der Waals surface area contributed by atoms with Crippen LogP contribution in [-0.2, 0) is 9.84 Å². The van der Waals surface area contributed by atoms with E-state index in [1.165, 1.54) is 6.07 Å². The molecule has 6 nitrogen and oxygen atoms in total. The molecule has 0 aliphatic rings. The van der Waals surface area contributed by atoms with E-state index in [4.69, 9.17) is 15.3 Å². The molecule has 2 rings (SSSR count). The fraction of sp³-hybridized carbons (Fsp3) is 0.222. The predicted molar refractivity (Wildman–Crippen MR) is 57.6 cm³/mol. The summed E-state index contributed by atoms with van der Waals surface area (Å²) in [5, 5.41) is 8.23. The van der Waals surface area contributed by atoms with Crippen molar-refractivity contribution < 1.29 is 17.9 Å². The lowest BCUT2D eigenvalue weighted by Crippen LogP contribution is -2.10. The van der Waals surface area contributed by atoms with Gasteiger partial charge in [0.25, 0.3) is 0 Å². The molecule has 1 aromatic carbocycles. The summed E-state index contributed by atoms with van der Waals surface area (Å²) in [6.07, 6.45) is 0. The van der Waals surface area contributed by atoms with Crippen molar-refractivity contribution in [3.8, 4) is 0 Å². The molecule has 0 atom stereocenters. The molecule has 0 amide bonds. The van der Waals surface area contributed by atoms with Gasteiger partial charge >= 0.3 is 5.22 Å². The quantitative estimate of drug-likeness (QED) is 0.743. The molecule has 1 heterocycles. The molecule has 0 saturated heterocycles. The number of aliphatic hydroxyl groups is 1. The number of aromatic nitrogens is 1. The second kappa shape index (κ2) is 3.76. The lowest BCUT2D eigenvalue weighted by Gasteiger charge is -1.93. The van der Waals surface area contributed by atoms with Crippen molar-refractivity contribution in [2.45, 2.75) is 5.22 Å². The highest BCUT2D eigenvalue weighted by molar-refractivity contribution is 7.91. The van der Waals surface area contributed by atoms with Crippen LogP contribution >= 0.6 is 0 Å². The van der Waals surface area contributed by atoms with Gasteiger partial charge in [-0.15, -0.1) is 0 Å². The van der Waals surface area contributed by atoms with Gasteiger partial charge in [0.15, 0.2) is 5.58 Å². The van der Waals surface area contributed by atoms with Crippen LogP contribution in [0.3, 0.4) is 0 Å². The average Bonchev–Trinajstić information content (AvgIpc) is 2.61. The molecule has 0 aliphatic carbocycles. The molecule has 86 valence electrons. The van der Waals surface area contributed by atoms with Gasteiger partial charge in [-0.05, 0) is 18.2 Å². The predicted octanol–water partition coefficient (Wildman–Crippen LogP) is 0.176. The summed E-state index contributed by atoms with van der Waals surface area (Å²) in [6.45, 7) is -0.469. The highest BCUT2D eigenvalue weighted by Crippen LogP contribution is 2.21. The number of hydrogen-bond donors (Lipinski definition) is 2. The number of nitrogen functional groups attached to an aromatic ring is 1. The fourth-order valence-electron chi connectivity index (χ4n) is 1.26. The number of sulfone groups is 1. The first-order valence-corrected chi connectivity index (χ1v) is 6.18. The van der Waals surface area contributed by atoms with Crippen LogP contribution in [0, 0.1) is 0 Å². The molecule has 0 aliphatic heterocycles. The normalized spacial score (nSPS) is 12.1. The molecule has 16 heavy (non-hydrogen) atoms. The summed E-state index contributed by atoms with van der Waals surface area (Å²) in [5.41, 5.74) is 6.75. The summed E-state index contributed by atoms with van der Waals surface area (Å²) < 4.78 is 28.2. The first-order chi connectivity index (χ1) is 7.53. The largest absolute Gasteiger partial charge is 0.428 e. The van der Waals surface area contributed by atoms with E-state index in [-0.39, 0.29) is 5.22 Å². The number of aliphatic hydroxyl groups excluding tert-OH is 1. The van der Waals surface area contributed by atoms with E-state index in [0.717, 1.165) is 0 Å². The van der Waals surface area contributed by atoms with Crippen LogP contribution in [0.2, 0.25) is 0 Å². The number of fused-ring (bicyclic) bond motifs is 1. The first kappa shape index (κ1) is 10.9. The van der Waals surface area contributed by atoms with Crippen molar-refractivity contribution >= 4 is 26.6 Å². The highest BCUT2D eigenvalue weighted by Gasteiger charge is 2.21. The summed E-state index contributed by atoms with van der Waals surface area (Å²) in [5.74, 6) is -0.407. The number of benzene rings is 1. The second-order valence-corrected chi connectivity index (χ2v) is 5.24. The molecule has 0 radical (unpaired) electrons. The molecule has 0 unspecified atom stereocenters. The molecular weight excluding hydrogens is 232 g/mol. The van der Waals surface area contributed by atoms with E-state index >= 15 is 0 Å². The molecule has 0 bridgehead atoms. The van der Waals surface area contributed by atoms with Gasteiger partial charge in [-0.1, -0.05) is 0 Å². The van der Waals surface area contributed by atoms with Crippen LogP contribution in [0.5, 0.6) is 0 Å². The third-order valence-electron chi connectivity index (χ3n) is 2.02. The maximum Gasteiger partial charge on any atom is 0.316 e. The lowest BCUT2D eigenvalue weighted by molar-refractivity contribution is 0.318. The Bertz CT molecular complexity index is 617. The average molecular weight is 242 g/mol. The Hall–Kier alpha value is -1.60. The third kappa shape index (κ3) is 1.86. The Morgan fingerprint density at radius 1 is 1.44 bits per heavy atom. The molecule has 2 aromatic rings. The summed E-state index contributed by atoms with van der Waals surface area (Å²) in [7, 11) is -3.65. The third-order valence-corrected chi connectivity index (χ3v) is 3.44. The van der Waals surface area contributed by atoms with E-state index < -0.39 is 22.2 Å². The number of hydrogen-bond acceptors (Lipinski definition) is 6. The zero-order valence-electron chi connectivity index (χ0n) is 8.25. The Morgan fingerprint density at radius 2 is 2.19 bits per heavy atom. The van der Waals surface area contributed by atoms with E-state index in [1.807, 2.05) is 0 Å². The van der Waals surface area contributed by atoms with Gasteiger partial charge in [-0.3, -0.25) is 0 Å². The minimum Gasteiger partial charge on any atom is -0.428 e. The van der Waals surface area contributed by atoms with Crippen LogP contribution in [-0.4, -0.2) is 30.9 Å². The number of nitrogens with zero attached hydrogens (tertiary/aromatic N) is 1. The van der Waals surface area contributed by atoms with Gasteiger partial charge in [0.2, 0.25) is 9.84 Å². The van der Waals surface area contributed by atoms with Crippen LogP contribution in [0.4, 0.5) is 5.69 Å². The Morgan fingerprint density at radius 3 is 2.88 bits per heavy atom. The highest BCUT2D eigenvalue weighted by atomic mass is 32.2. The zero-order chi connectivity index (χ0) is 11.8. The molecule has 3 N–H and O–H groups in total. The van der Waals surface area contributed by atoms with Crippen LogP contribution in [0.1, 0.15) is 0 Å². The maximum atomic E-state index is 11.5. The van der Waals surface area contributed by atoms with Crippen molar-refractivity contribution in [2.24, 2.45) is 0 Å². The molecule has 0 fully saturated rings. The van der Waals surface area contributed by atoms with Crippen LogP contribution in [0.15, 0.2) is 27.8 Å². The van der Waals surface area contributed by atoms with Crippen LogP contribution < -0.4 is 5.73 Å². The number of rotatable bonds is 3. The summed E-state index contributed by atoms with van der Waals surface area (Å²) >= 11 is 0. The standard InChI is InChI=1S/C9H10N2O4S/c10-6-1-2-8-7(5-6)11-9(15-8)16(13,14)4-3-12/h1-2,5,12H,3-4,10H2. The summed E-state index contributed by atoms with van der Waals surface area (Å²) in [4.78, 5) is 3.82.